The number of rotatable bonds is 2. The second-order valence-corrected chi connectivity index (χ2v) is 2.76. The summed E-state index contributed by atoms with van der Waals surface area (Å²) in [5.74, 6) is -0.0394. The van der Waals surface area contributed by atoms with Crippen molar-refractivity contribution in [2.45, 2.75) is 4.90 Å². The van der Waals surface area contributed by atoms with Crippen LogP contribution in [0.5, 0.6) is 5.75 Å². The Kier molecular flexibility index (Phi) is 2.94. The molecule has 2 nitrogen and oxygen atoms in total. The number of thioether (sulfide) groups is 1. The number of thiocyanates is 1. The van der Waals surface area contributed by atoms with E-state index in [0.29, 0.717) is 5.75 Å². The summed E-state index contributed by atoms with van der Waals surface area (Å²) >= 11 is 0.759. The molecule has 0 N–H and O–H groups in total. The van der Waals surface area contributed by atoms with E-state index < -0.39 is 5.82 Å². The maximum atomic E-state index is 13.0. The molecule has 0 aliphatic carbocycles. The van der Waals surface area contributed by atoms with Crippen molar-refractivity contribution in [1.29, 1.82) is 5.26 Å². The highest BCUT2D eigenvalue weighted by atomic mass is 32.2. The molecule has 12 heavy (non-hydrogen) atoms. The molecule has 0 saturated heterocycles. The van der Waals surface area contributed by atoms with Crippen LogP contribution in [0.25, 0.3) is 0 Å². The molecule has 1 aromatic carbocycles. The van der Waals surface area contributed by atoms with Gasteiger partial charge in [0.05, 0.1) is 7.11 Å². The first-order valence-corrected chi connectivity index (χ1v) is 3.99. The van der Waals surface area contributed by atoms with Crippen molar-refractivity contribution < 1.29 is 9.13 Å². The lowest BCUT2D eigenvalue weighted by Gasteiger charge is -2.03. The largest absolute Gasteiger partial charge is 0.495 e. The van der Waals surface area contributed by atoms with E-state index in [4.69, 9.17) is 10.00 Å². The van der Waals surface area contributed by atoms with Crippen molar-refractivity contribution in [3.8, 4) is 11.2 Å². The number of hydrogen-bond donors (Lipinski definition) is 0. The van der Waals surface area contributed by atoms with Crippen LogP contribution in [0.1, 0.15) is 0 Å². The van der Waals surface area contributed by atoms with Gasteiger partial charge in [-0.25, -0.2) is 4.39 Å². The lowest BCUT2D eigenvalue weighted by molar-refractivity contribution is 0.398. The van der Waals surface area contributed by atoms with Crippen LogP contribution in [0, 0.1) is 16.5 Å². The van der Waals surface area contributed by atoms with E-state index in [2.05, 4.69) is 0 Å². The minimum atomic E-state index is -0.430. The Morgan fingerprint density at radius 3 is 2.92 bits per heavy atom. The molecule has 0 aliphatic rings. The van der Waals surface area contributed by atoms with Crippen LogP contribution in [0.4, 0.5) is 4.39 Å². The predicted molar refractivity (Wildman–Crippen MR) is 44.4 cm³/mol. The van der Waals surface area contributed by atoms with E-state index in [1.165, 1.54) is 19.2 Å². The van der Waals surface area contributed by atoms with Crippen LogP contribution in [0.2, 0.25) is 0 Å². The zero-order valence-corrected chi connectivity index (χ0v) is 7.19. The zero-order valence-electron chi connectivity index (χ0n) is 6.37. The van der Waals surface area contributed by atoms with Gasteiger partial charge in [0.2, 0.25) is 0 Å². The molecule has 62 valence electrons. The number of benzene rings is 1. The Morgan fingerprint density at radius 2 is 2.33 bits per heavy atom. The second kappa shape index (κ2) is 3.98. The predicted octanol–water partition coefficient (Wildman–Crippen LogP) is 2.41. The quantitative estimate of drug-likeness (QED) is 0.521. The molecule has 0 aliphatic heterocycles. The van der Waals surface area contributed by atoms with Crippen LogP contribution in [0.15, 0.2) is 23.1 Å². The number of hydrogen-bond acceptors (Lipinski definition) is 3. The van der Waals surface area contributed by atoms with Crippen molar-refractivity contribution in [3.63, 3.8) is 0 Å². The van der Waals surface area contributed by atoms with Gasteiger partial charge in [-0.15, -0.1) is 0 Å². The van der Waals surface area contributed by atoms with Crippen molar-refractivity contribution in [3.05, 3.63) is 24.0 Å². The first-order chi connectivity index (χ1) is 5.79. The molecule has 0 saturated carbocycles. The number of nitrogens with zero attached hydrogens (tertiary/aromatic N) is 1. The molecule has 4 heteroatoms. The van der Waals surface area contributed by atoms with Crippen LogP contribution in [-0.2, 0) is 0 Å². The highest BCUT2D eigenvalue weighted by Crippen LogP contribution is 2.30. The summed E-state index contributed by atoms with van der Waals surface area (Å²) in [5.41, 5.74) is 0. The van der Waals surface area contributed by atoms with E-state index in [9.17, 15) is 4.39 Å². The smallest absolute Gasteiger partial charge is 0.141 e. The number of halogens is 1. The van der Waals surface area contributed by atoms with E-state index in [1.807, 2.05) is 0 Å². The molecule has 0 amide bonds. The molecule has 0 atom stereocenters. The number of methoxy groups -OCH3 is 1. The van der Waals surface area contributed by atoms with Gasteiger partial charge in [0, 0.05) is 0 Å². The van der Waals surface area contributed by atoms with Crippen LogP contribution >= 0.6 is 11.8 Å². The first-order valence-electron chi connectivity index (χ1n) is 3.18. The van der Waals surface area contributed by atoms with Crippen molar-refractivity contribution in [1.82, 2.24) is 0 Å². The van der Waals surface area contributed by atoms with Gasteiger partial charge < -0.3 is 4.74 Å². The van der Waals surface area contributed by atoms with E-state index in [0.717, 1.165) is 11.8 Å². The Bertz CT molecular complexity index is 321. The van der Waals surface area contributed by atoms with Gasteiger partial charge in [0.15, 0.2) is 0 Å². The molecule has 1 rings (SSSR count). The van der Waals surface area contributed by atoms with E-state index in [-0.39, 0.29) is 4.90 Å². The SMILES string of the molecule is COc1cccc(F)c1SC#N. The van der Waals surface area contributed by atoms with Gasteiger partial charge in [0.1, 0.15) is 21.9 Å². The molecule has 0 aromatic heterocycles. The number of nitriles is 1. The summed E-state index contributed by atoms with van der Waals surface area (Å²) in [4.78, 5) is 0.238. The van der Waals surface area contributed by atoms with Crippen molar-refractivity contribution in [2.24, 2.45) is 0 Å². The first kappa shape index (κ1) is 8.88. The van der Waals surface area contributed by atoms with Gasteiger partial charge in [-0.05, 0) is 23.9 Å². The van der Waals surface area contributed by atoms with Gasteiger partial charge in [0.25, 0.3) is 0 Å². The van der Waals surface area contributed by atoms with Crippen molar-refractivity contribution >= 4 is 11.8 Å². The molecule has 1 aromatic rings. The number of ether oxygens (including phenoxy) is 1. The maximum absolute atomic E-state index is 13.0. The standard InChI is InChI=1S/C8H6FNOS/c1-11-7-4-2-3-6(9)8(7)12-5-10/h2-4H,1H3. The van der Waals surface area contributed by atoms with Crippen molar-refractivity contribution in [2.75, 3.05) is 7.11 Å². The highest BCUT2D eigenvalue weighted by Gasteiger charge is 2.08. The summed E-state index contributed by atoms with van der Waals surface area (Å²) in [6, 6.07) is 4.44. The van der Waals surface area contributed by atoms with Gasteiger partial charge in [-0.1, -0.05) is 6.07 Å². The molecular weight excluding hydrogens is 177 g/mol. The summed E-state index contributed by atoms with van der Waals surface area (Å²) in [5, 5.41) is 10.2. The fourth-order valence-corrected chi connectivity index (χ4v) is 1.30. The maximum Gasteiger partial charge on any atom is 0.141 e. The molecule has 0 unspecified atom stereocenters. The zero-order chi connectivity index (χ0) is 8.97. The normalized spacial score (nSPS) is 9.08. The topological polar surface area (TPSA) is 33.0 Å². The Balaban J connectivity index is 3.12. The summed E-state index contributed by atoms with van der Waals surface area (Å²) in [7, 11) is 1.44. The monoisotopic (exact) mass is 183 g/mol. The summed E-state index contributed by atoms with van der Waals surface area (Å²) in [6.07, 6.45) is 0. The molecule has 0 spiro atoms. The third kappa shape index (κ3) is 1.69. The van der Waals surface area contributed by atoms with Gasteiger partial charge >= 0.3 is 0 Å². The Labute approximate surface area is 74.0 Å². The third-order valence-electron chi connectivity index (χ3n) is 1.30. The fourth-order valence-electron chi connectivity index (χ4n) is 0.794. The molecular formula is C8H6FNOS. The lowest BCUT2D eigenvalue weighted by Crippen LogP contribution is -1.88. The van der Waals surface area contributed by atoms with Gasteiger partial charge in [-0.3, -0.25) is 0 Å². The average molecular weight is 183 g/mol. The summed E-state index contributed by atoms with van der Waals surface area (Å²) < 4.78 is 17.8. The van der Waals surface area contributed by atoms with Crippen LogP contribution < -0.4 is 4.74 Å². The third-order valence-corrected chi connectivity index (χ3v) is 1.99. The molecule has 0 heterocycles. The van der Waals surface area contributed by atoms with E-state index in [1.54, 1.807) is 11.5 Å². The van der Waals surface area contributed by atoms with Gasteiger partial charge in [-0.2, -0.15) is 5.26 Å². The highest BCUT2D eigenvalue weighted by molar-refractivity contribution is 8.03. The fraction of sp³-hybridized carbons (Fsp3) is 0.125. The second-order valence-electron chi connectivity index (χ2n) is 1.96. The average Bonchev–Trinajstić information content (AvgIpc) is 2.09. The Hall–Kier alpha value is -1.21. The lowest BCUT2D eigenvalue weighted by atomic mass is 10.3. The Morgan fingerprint density at radius 1 is 1.58 bits per heavy atom. The molecule has 0 bridgehead atoms. The molecule has 0 fully saturated rings. The molecule has 0 radical (unpaired) electrons. The summed E-state index contributed by atoms with van der Waals surface area (Å²) in [6.45, 7) is 0. The van der Waals surface area contributed by atoms with E-state index >= 15 is 0 Å². The van der Waals surface area contributed by atoms with Crippen LogP contribution in [0.3, 0.4) is 0 Å². The minimum absolute atomic E-state index is 0.238. The minimum Gasteiger partial charge on any atom is -0.495 e. The van der Waals surface area contributed by atoms with Crippen LogP contribution in [-0.4, -0.2) is 7.11 Å².